The first kappa shape index (κ1) is 34.3. The van der Waals surface area contributed by atoms with Crippen LogP contribution in [0.2, 0.25) is 0 Å². The minimum Gasteiger partial charge on any atom is -0.492 e. The lowest BCUT2D eigenvalue weighted by Crippen LogP contribution is -2.60. The van der Waals surface area contributed by atoms with Gasteiger partial charge in [-0.1, -0.05) is 0 Å². The normalized spacial score (nSPS) is 30.9. The molecule has 5 fully saturated rings. The van der Waals surface area contributed by atoms with E-state index in [4.69, 9.17) is 24.7 Å². The van der Waals surface area contributed by atoms with E-state index in [0.717, 1.165) is 44.8 Å². The third kappa shape index (κ3) is 6.44. The van der Waals surface area contributed by atoms with Crippen molar-refractivity contribution in [3.8, 4) is 5.75 Å². The fourth-order valence-corrected chi connectivity index (χ4v) is 7.51. The number of nitrogens with one attached hydrogen (secondary N) is 2. The number of carbonyl (C=O) groups is 2. The number of amides is 1. The smallest absolute Gasteiger partial charge is 0.408 e. The molecule has 0 spiro atoms. The number of alkyl carbamates (subject to hydrolysis) is 1. The Morgan fingerprint density at radius 2 is 1.88 bits per heavy atom. The molecule has 0 unspecified atom stereocenters. The molecule has 1 aliphatic carbocycles. The standard InChI is InChI=1S/C21H23F2N3O5.C12H22N2O3/c1-30-19-16-11(18(27)12(20(28)29)7-26(16)15-5-13(15)22)4-14(23)17(19)25-6-10-2-3-31-9-21(10,24)8-25;1-11(2,3)17-10(15)14-12-7-13-6-9(12)4-5-16-8-12/h4,7,10,13,15H,2-3,5-6,8-9,24H2,1H3,(H,28,29);9,13H,4-8H2,1-3H3,(H,14,15)/t10-,13+,15-,21+;9-,12+/m11/s1. The first-order valence-corrected chi connectivity index (χ1v) is 16.4. The number of ether oxygens (including phenoxy) is 4. The summed E-state index contributed by atoms with van der Waals surface area (Å²) in [5.41, 5.74) is 4.12. The monoisotopic (exact) mass is 677 g/mol. The average molecular weight is 678 g/mol. The lowest BCUT2D eigenvalue weighted by molar-refractivity contribution is -0.00891. The second-order valence-electron chi connectivity index (χ2n) is 14.6. The van der Waals surface area contributed by atoms with Crippen LogP contribution in [0.3, 0.4) is 0 Å². The van der Waals surface area contributed by atoms with E-state index in [0.29, 0.717) is 38.8 Å². The number of alkyl halides is 1. The van der Waals surface area contributed by atoms with Gasteiger partial charge in [0.15, 0.2) is 11.6 Å². The number of hydrogen-bond donors (Lipinski definition) is 4. The van der Waals surface area contributed by atoms with Gasteiger partial charge in [-0.25, -0.2) is 18.4 Å². The topological polar surface area (TPSA) is 167 Å². The van der Waals surface area contributed by atoms with Gasteiger partial charge in [0.25, 0.3) is 0 Å². The number of hydrogen-bond acceptors (Lipinski definition) is 10. The number of carboxylic acids is 1. The lowest BCUT2D eigenvalue weighted by atomic mass is 9.84. The van der Waals surface area contributed by atoms with Crippen LogP contribution in [0.1, 0.15) is 56.4 Å². The largest absolute Gasteiger partial charge is 0.492 e. The number of pyridine rings is 1. The maximum Gasteiger partial charge on any atom is 0.408 e. The van der Waals surface area contributed by atoms with Crippen molar-refractivity contribution in [3.05, 3.63) is 33.9 Å². The summed E-state index contributed by atoms with van der Waals surface area (Å²) in [4.78, 5) is 38.0. The quantitative estimate of drug-likeness (QED) is 0.368. The zero-order valence-corrected chi connectivity index (χ0v) is 27.8. The highest BCUT2D eigenvalue weighted by Crippen LogP contribution is 2.47. The molecule has 1 aromatic heterocycles. The first-order chi connectivity index (χ1) is 22.7. The van der Waals surface area contributed by atoms with E-state index in [1.807, 2.05) is 20.8 Å². The first-order valence-electron chi connectivity index (χ1n) is 16.4. The van der Waals surface area contributed by atoms with Crippen molar-refractivity contribution in [2.24, 2.45) is 17.6 Å². The summed E-state index contributed by atoms with van der Waals surface area (Å²) >= 11 is 0. The molecule has 13 nitrogen and oxygen atoms in total. The number of anilines is 1. The van der Waals surface area contributed by atoms with E-state index in [-0.39, 0.29) is 46.3 Å². The number of carbonyl (C=O) groups excluding carboxylic acids is 1. The Morgan fingerprint density at radius 1 is 1.19 bits per heavy atom. The Labute approximate surface area is 277 Å². The van der Waals surface area contributed by atoms with E-state index >= 15 is 4.39 Å². The van der Waals surface area contributed by atoms with Gasteiger partial charge < -0.3 is 49.9 Å². The minimum atomic E-state index is -1.45. The predicted molar refractivity (Wildman–Crippen MR) is 172 cm³/mol. The summed E-state index contributed by atoms with van der Waals surface area (Å²) in [6.07, 6.45) is 1.53. The molecule has 15 heteroatoms. The Morgan fingerprint density at radius 3 is 2.50 bits per heavy atom. The molecule has 48 heavy (non-hydrogen) atoms. The highest BCUT2D eigenvalue weighted by molar-refractivity contribution is 5.97. The number of halogens is 2. The van der Waals surface area contributed by atoms with Crippen LogP contribution in [-0.4, -0.2) is 104 Å². The van der Waals surface area contributed by atoms with Crippen molar-refractivity contribution in [2.75, 3.05) is 64.6 Å². The number of aromatic carboxylic acids is 1. The highest BCUT2D eigenvalue weighted by atomic mass is 19.1. The number of aromatic nitrogens is 1. The lowest BCUT2D eigenvalue weighted by Gasteiger charge is -2.39. The molecule has 2 aromatic rings. The fraction of sp³-hybridized carbons (Fsp3) is 0.667. The van der Waals surface area contributed by atoms with E-state index < -0.39 is 46.1 Å². The SMILES string of the molecule is CC(C)(C)OC(=O)N[C@]12CNC[C@H]1CCOC2.COc1c(N2C[C@H]3CCOC[C@@]3(N)C2)c(F)cc2c(=O)c(C(=O)O)cn([C@@H]3C[C@@H]3F)c12. The molecule has 1 aromatic carbocycles. The molecule has 1 amide bonds. The second-order valence-corrected chi connectivity index (χ2v) is 14.6. The number of nitrogens with zero attached hydrogens (tertiary/aromatic N) is 2. The zero-order valence-electron chi connectivity index (χ0n) is 27.8. The van der Waals surface area contributed by atoms with Crippen LogP contribution in [0.5, 0.6) is 5.75 Å². The van der Waals surface area contributed by atoms with Gasteiger partial charge in [-0.05, 0) is 39.7 Å². The third-order valence-corrected chi connectivity index (χ3v) is 10.0. The Kier molecular flexibility index (Phi) is 9.11. The number of nitrogens with two attached hydrogens (primary N) is 1. The van der Waals surface area contributed by atoms with Crippen LogP contribution >= 0.6 is 0 Å². The summed E-state index contributed by atoms with van der Waals surface area (Å²) in [6, 6.07) is 0.388. The van der Waals surface area contributed by atoms with Crippen molar-refractivity contribution in [1.29, 1.82) is 0 Å². The molecule has 264 valence electrons. The van der Waals surface area contributed by atoms with Crippen LogP contribution < -0.4 is 31.4 Å². The Hall–Kier alpha value is -3.53. The number of carboxylic acid groups (broad SMARTS) is 1. The number of rotatable bonds is 5. The number of benzene rings is 1. The molecule has 5 N–H and O–H groups in total. The van der Waals surface area contributed by atoms with E-state index in [1.54, 1.807) is 4.90 Å². The van der Waals surface area contributed by atoms with Crippen molar-refractivity contribution in [3.63, 3.8) is 0 Å². The average Bonchev–Trinajstić information content (AvgIpc) is 3.42. The van der Waals surface area contributed by atoms with Crippen LogP contribution in [-0.2, 0) is 14.2 Å². The second kappa shape index (κ2) is 12.7. The molecule has 4 saturated heterocycles. The molecule has 1 saturated carbocycles. The van der Waals surface area contributed by atoms with Crippen LogP contribution in [0.4, 0.5) is 19.3 Å². The van der Waals surface area contributed by atoms with Gasteiger partial charge >= 0.3 is 12.1 Å². The van der Waals surface area contributed by atoms with Gasteiger partial charge in [0, 0.05) is 63.8 Å². The van der Waals surface area contributed by atoms with Gasteiger partial charge in [-0.2, -0.15) is 0 Å². The van der Waals surface area contributed by atoms with Crippen molar-refractivity contribution in [2.45, 2.75) is 68.9 Å². The minimum absolute atomic E-state index is 0.0753. The van der Waals surface area contributed by atoms with Crippen molar-refractivity contribution in [1.82, 2.24) is 15.2 Å². The summed E-state index contributed by atoms with van der Waals surface area (Å²) < 4.78 is 52.7. The van der Waals surface area contributed by atoms with E-state index in [9.17, 15) is 23.9 Å². The van der Waals surface area contributed by atoms with Gasteiger partial charge in [0.2, 0.25) is 5.43 Å². The Bertz CT molecular complexity index is 1650. The van der Waals surface area contributed by atoms with E-state index in [2.05, 4.69) is 10.6 Å². The van der Waals surface area contributed by atoms with Crippen LogP contribution in [0, 0.1) is 17.7 Å². The molecule has 4 aliphatic heterocycles. The number of methoxy groups -OCH3 is 1. The molecule has 0 bridgehead atoms. The molecule has 0 radical (unpaired) electrons. The predicted octanol–water partition coefficient (Wildman–Crippen LogP) is 2.57. The summed E-state index contributed by atoms with van der Waals surface area (Å²) in [6.45, 7) is 10.4. The molecule has 7 rings (SSSR count). The van der Waals surface area contributed by atoms with Gasteiger partial charge in [0.1, 0.15) is 23.0 Å². The van der Waals surface area contributed by atoms with Crippen LogP contribution in [0.25, 0.3) is 10.9 Å². The third-order valence-electron chi connectivity index (χ3n) is 10.0. The van der Waals surface area contributed by atoms with Crippen LogP contribution in [0.15, 0.2) is 17.1 Å². The van der Waals surface area contributed by atoms with Gasteiger partial charge in [0.05, 0.1) is 48.3 Å². The van der Waals surface area contributed by atoms with E-state index in [1.165, 1.54) is 11.7 Å². The van der Waals surface area contributed by atoms with Gasteiger partial charge in [-0.15, -0.1) is 0 Å². The zero-order chi connectivity index (χ0) is 34.6. The summed E-state index contributed by atoms with van der Waals surface area (Å²) in [7, 11) is 1.35. The molecule has 6 atom stereocenters. The molecule has 5 aliphatic rings. The molecular weight excluding hydrogens is 632 g/mol. The summed E-state index contributed by atoms with van der Waals surface area (Å²) in [5.74, 6) is -1.54. The van der Waals surface area contributed by atoms with Crippen molar-refractivity contribution < 1.29 is 42.4 Å². The number of fused-ring (bicyclic) bond motifs is 3. The highest BCUT2D eigenvalue weighted by Gasteiger charge is 2.49. The van der Waals surface area contributed by atoms with Gasteiger partial charge in [-0.3, -0.25) is 4.79 Å². The maximum atomic E-state index is 15.4. The molecular formula is C33H45F2N5O8. The summed E-state index contributed by atoms with van der Waals surface area (Å²) in [5, 5.41) is 15.6. The Balaban J connectivity index is 0.000000200. The fourth-order valence-electron chi connectivity index (χ4n) is 7.51. The van der Waals surface area contributed by atoms with Crippen molar-refractivity contribution >= 4 is 28.7 Å². The molecule has 5 heterocycles. The maximum absolute atomic E-state index is 15.4.